The molecule has 0 saturated carbocycles. The van der Waals surface area contributed by atoms with Gasteiger partial charge in [-0.25, -0.2) is 15.0 Å². The maximum atomic E-state index is 5.91. The Balaban J connectivity index is 1.53. The van der Waals surface area contributed by atoms with Crippen molar-refractivity contribution in [3.05, 3.63) is 48.3 Å². The summed E-state index contributed by atoms with van der Waals surface area (Å²) in [6.45, 7) is 2.25. The van der Waals surface area contributed by atoms with Crippen LogP contribution < -0.4 is 10.6 Å². The zero-order chi connectivity index (χ0) is 20.0. The van der Waals surface area contributed by atoms with Crippen molar-refractivity contribution >= 4 is 28.2 Å². The smallest absolute Gasteiger partial charge is 0.139 e. The molecule has 0 bridgehead atoms. The third-order valence-electron chi connectivity index (χ3n) is 6.24. The van der Waals surface area contributed by atoms with E-state index >= 15 is 0 Å². The molecule has 2 aliphatic rings. The average molecular weight is 387 g/mol. The SMILES string of the molecule is CN1CCC(N(C)c2ncnc3ccc(-c4ccc5c(c4)N=C(N)C5)cc23)CC1. The van der Waals surface area contributed by atoms with Gasteiger partial charge in [-0.3, -0.25) is 0 Å². The van der Waals surface area contributed by atoms with E-state index in [1.54, 1.807) is 6.33 Å². The zero-order valence-corrected chi connectivity index (χ0v) is 17.0. The minimum atomic E-state index is 0.505. The van der Waals surface area contributed by atoms with Crippen molar-refractivity contribution in [3.8, 4) is 11.1 Å². The maximum Gasteiger partial charge on any atom is 0.139 e. The molecular formula is C23H26N6. The van der Waals surface area contributed by atoms with Crippen molar-refractivity contribution in [1.82, 2.24) is 14.9 Å². The summed E-state index contributed by atoms with van der Waals surface area (Å²) in [4.78, 5) is 18.4. The Morgan fingerprint density at radius 1 is 1.03 bits per heavy atom. The normalized spacial score (nSPS) is 17.4. The summed E-state index contributed by atoms with van der Waals surface area (Å²) in [6, 6.07) is 13.3. The lowest BCUT2D eigenvalue weighted by molar-refractivity contribution is 0.252. The first-order valence-electron chi connectivity index (χ1n) is 10.2. The van der Waals surface area contributed by atoms with Crippen molar-refractivity contribution in [2.75, 3.05) is 32.1 Å². The van der Waals surface area contributed by atoms with Crippen LogP contribution in [0.2, 0.25) is 0 Å². The topological polar surface area (TPSA) is 70.6 Å². The highest BCUT2D eigenvalue weighted by Gasteiger charge is 2.23. The number of hydrogen-bond acceptors (Lipinski definition) is 6. The van der Waals surface area contributed by atoms with Crippen molar-refractivity contribution in [3.63, 3.8) is 0 Å². The van der Waals surface area contributed by atoms with Gasteiger partial charge in [-0.15, -0.1) is 0 Å². The number of nitrogens with two attached hydrogens (primary N) is 1. The molecule has 3 aromatic rings. The van der Waals surface area contributed by atoms with Crippen LogP contribution in [0.1, 0.15) is 18.4 Å². The summed E-state index contributed by atoms with van der Waals surface area (Å²) in [5.74, 6) is 1.70. The molecule has 0 amide bonds. The van der Waals surface area contributed by atoms with Gasteiger partial charge >= 0.3 is 0 Å². The van der Waals surface area contributed by atoms with Crippen LogP contribution in [-0.2, 0) is 6.42 Å². The van der Waals surface area contributed by atoms with E-state index in [2.05, 4.69) is 75.3 Å². The van der Waals surface area contributed by atoms with Crippen LogP contribution in [0.3, 0.4) is 0 Å². The van der Waals surface area contributed by atoms with Crippen LogP contribution in [0.5, 0.6) is 0 Å². The lowest BCUT2D eigenvalue weighted by atomic mass is 10.00. The summed E-state index contributed by atoms with van der Waals surface area (Å²) in [5.41, 5.74) is 11.3. The second kappa shape index (κ2) is 7.12. The molecule has 6 heteroatoms. The third kappa shape index (κ3) is 3.34. The summed E-state index contributed by atoms with van der Waals surface area (Å²) in [5, 5.41) is 1.09. The van der Waals surface area contributed by atoms with Gasteiger partial charge in [0.15, 0.2) is 0 Å². The van der Waals surface area contributed by atoms with E-state index < -0.39 is 0 Å². The molecule has 5 rings (SSSR count). The number of fused-ring (bicyclic) bond motifs is 2. The standard InChI is InChI=1S/C23H26N6/c1-28-9-7-18(8-10-28)29(2)23-19-11-15(5-6-20(19)25-14-26-23)16-3-4-17-13-22(24)27-21(17)12-16/h3-6,11-12,14,18H,7-10,13H2,1-2H3,(H2,24,27). The predicted octanol–water partition coefficient (Wildman–Crippen LogP) is 3.37. The van der Waals surface area contributed by atoms with Crippen LogP contribution in [0.15, 0.2) is 47.7 Å². The Bertz CT molecular complexity index is 1100. The maximum absolute atomic E-state index is 5.91. The molecule has 1 aromatic heterocycles. The molecule has 1 fully saturated rings. The van der Waals surface area contributed by atoms with Crippen LogP contribution in [0.25, 0.3) is 22.0 Å². The van der Waals surface area contributed by atoms with E-state index in [1.807, 2.05) is 0 Å². The third-order valence-corrected chi connectivity index (χ3v) is 6.24. The minimum absolute atomic E-state index is 0.505. The monoisotopic (exact) mass is 386 g/mol. The molecule has 0 radical (unpaired) electrons. The average Bonchev–Trinajstić information content (AvgIpc) is 3.12. The first kappa shape index (κ1) is 18.1. The van der Waals surface area contributed by atoms with Gasteiger partial charge in [0.1, 0.15) is 18.0 Å². The second-order valence-electron chi connectivity index (χ2n) is 8.20. The number of aromatic nitrogens is 2. The lowest BCUT2D eigenvalue weighted by Gasteiger charge is -2.36. The van der Waals surface area contributed by atoms with Gasteiger partial charge in [0, 0.05) is 24.9 Å². The van der Waals surface area contributed by atoms with E-state index in [4.69, 9.17) is 5.73 Å². The predicted molar refractivity (Wildman–Crippen MR) is 119 cm³/mol. The minimum Gasteiger partial charge on any atom is -0.387 e. The van der Waals surface area contributed by atoms with Crippen LogP contribution >= 0.6 is 0 Å². The number of aliphatic imine (C=N–C) groups is 1. The highest BCUT2D eigenvalue weighted by Crippen LogP contribution is 2.34. The van der Waals surface area contributed by atoms with Crippen LogP contribution in [0.4, 0.5) is 11.5 Å². The number of likely N-dealkylation sites (tertiary alicyclic amines) is 1. The lowest BCUT2D eigenvalue weighted by Crippen LogP contribution is -2.42. The van der Waals surface area contributed by atoms with E-state index in [-0.39, 0.29) is 0 Å². The summed E-state index contributed by atoms with van der Waals surface area (Å²) < 4.78 is 0. The van der Waals surface area contributed by atoms with Crippen LogP contribution in [-0.4, -0.2) is 53.9 Å². The zero-order valence-electron chi connectivity index (χ0n) is 17.0. The van der Waals surface area contributed by atoms with Gasteiger partial charge in [-0.05, 0) is 67.9 Å². The number of piperidine rings is 1. The first-order valence-corrected chi connectivity index (χ1v) is 10.2. The highest BCUT2D eigenvalue weighted by atomic mass is 15.2. The fourth-order valence-electron chi connectivity index (χ4n) is 4.45. The number of anilines is 1. The molecule has 1 saturated heterocycles. The molecule has 2 aliphatic heterocycles. The van der Waals surface area contributed by atoms with Gasteiger partial charge in [0.2, 0.25) is 0 Å². The van der Waals surface area contributed by atoms with E-state index in [1.165, 1.54) is 5.56 Å². The largest absolute Gasteiger partial charge is 0.387 e. The molecule has 0 unspecified atom stereocenters. The molecular weight excluding hydrogens is 360 g/mol. The van der Waals surface area contributed by atoms with E-state index in [0.29, 0.717) is 11.9 Å². The number of hydrogen-bond donors (Lipinski definition) is 1. The Labute approximate surface area is 171 Å². The van der Waals surface area contributed by atoms with Crippen molar-refractivity contribution in [2.45, 2.75) is 25.3 Å². The van der Waals surface area contributed by atoms with Gasteiger partial charge in [-0.2, -0.15) is 0 Å². The molecule has 0 spiro atoms. The number of rotatable bonds is 3. The quantitative estimate of drug-likeness (QED) is 0.747. The molecule has 148 valence electrons. The molecule has 0 atom stereocenters. The number of nitrogens with zero attached hydrogens (tertiary/aromatic N) is 5. The number of amidine groups is 1. The van der Waals surface area contributed by atoms with Gasteiger partial charge < -0.3 is 15.5 Å². The van der Waals surface area contributed by atoms with Crippen molar-refractivity contribution in [2.24, 2.45) is 10.7 Å². The summed E-state index contributed by atoms with van der Waals surface area (Å²) >= 11 is 0. The molecule has 6 nitrogen and oxygen atoms in total. The molecule has 2 N–H and O–H groups in total. The van der Waals surface area contributed by atoms with Gasteiger partial charge in [0.25, 0.3) is 0 Å². The van der Waals surface area contributed by atoms with E-state index in [9.17, 15) is 0 Å². The first-order chi connectivity index (χ1) is 14.1. The summed E-state index contributed by atoms with van der Waals surface area (Å²) in [7, 11) is 4.36. The van der Waals surface area contributed by atoms with Crippen molar-refractivity contribution in [1.29, 1.82) is 0 Å². The Morgan fingerprint density at radius 3 is 2.62 bits per heavy atom. The number of benzene rings is 2. The van der Waals surface area contributed by atoms with Crippen molar-refractivity contribution < 1.29 is 0 Å². The van der Waals surface area contributed by atoms with Crippen LogP contribution in [0, 0.1) is 0 Å². The Hall–Kier alpha value is -2.99. The molecule has 29 heavy (non-hydrogen) atoms. The second-order valence-corrected chi connectivity index (χ2v) is 8.20. The summed E-state index contributed by atoms with van der Waals surface area (Å²) in [6.07, 6.45) is 4.73. The van der Waals surface area contributed by atoms with Gasteiger partial charge in [0.05, 0.1) is 11.2 Å². The molecule has 3 heterocycles. The fourth-order valence-corrected chi connectivity index (χ4v) is 4.45. The Morgan fingerprint density at radius 2 is 1.79 bits per heavy atom. The Kier molecular flexibility index (Phi) is 4.43. The highest BCUT2D eigenvalue weighted by molar-refractivity contribution is 5.94. The fraction of sp³-hybridized carbons (Fsp3) is 0.348. The molecule has 2 aromatic carbocycles. The van der Waals surface area contributed by atoms with Gasteiger partial charge in [-0.1, -0.05) is 18.2 Å². The molecule has 0 aliphatic carbocycles. The van der Waals surface area contributed by atoms with E-state index in [0.717, 1.165) is 65.9 Å².